The Bertz CT molecular complexity index is 1010. The number of carboxylic acids is 1. The zero-order chi connectivity index (χ0) is 21.6. The van der Waals surface area contributed by atoms with Crippen molar-refractivity contribution in [3.8, 4) is 11.5 Å². The molecule has 1 aliphatic carbocycles. The van der Waals surface area contributed by atoms with E-state index in [9.17, 15) is 9.90 Å². The van der Waals surface area contributed by atoms with Crippen LogP contribution < -0.4 is 0 Å². The van der Waals surface area contributed by atoms with E-state index in [0.717, 1.165) is 42.5 Å². The van der Waals surface area contributed by atoms with Crippen LogP contribution in [0.3, 0.4) is 0 Å². The highest BCUT2D eigenvalue weighted by Gasteiger charge is 2.24. The van der Waals surface area contributed by atoms with Crippen LogP contribution in [0.5, 0.6) is 0 Å². The van der Waals surface area contributed by atoms with Gasteiger partial charge in [-0.2, -0.15) is 0 Å². The summed E-state index contributed by atoms with van der Waals surface area (Å²) in [6, 6.07) is 15.3. The molecule has 4 rings (SSSR count). The van der Waals surface area contributed by atoms with Gasteiger partial charge in [0, 0.05) is 5.56 Å². The minimum atomic E-state index is -0.913. The Balaban J connectivity index is 1.29. The average Bonchev–Trinajstić information content (AvgIpc) is 3.26. The zero-order valence-corrected chi connectivity index (χ0v) is 17.6. The van der Waals surface area contributed by atoms with Crippen LogP contribution in [0.15, 0.2) is 59.2 Å². The lowest BCUT2D eigenvalue weighted by atomic mass is 9.94. The van der Waals surface area contributed by atoms with E-state index < -0.39 is 5.97 Å². The predicted octanol–water partition coefficient (Wildman–Crippen LogP) is 5.39. The molecular weight excluding hydrogens is 394 g/mol. The number of carboxylic acid groups (broad SMARTS) is 1. The van der Waals surface area contributed by atoms with E-state index in [2.05, 4.69) is 4.98 Å². The van der Waals surface area contributed by atoms with Gasteiger partial charge in [-0.1, -0.05) is 36.4 Å². The molecule has 1 aromatic heterocycles. The number of ether oxygens (including phenoxy) is 2. The van der Waals surface area contributed by atoms with Crippen LogP contribution in [0.2, 0.25) is 0 Å². The highest BCUT2D eigenvalue weighted by molar-refractivity contribution is 5.91. The molecule has 0 bridgehead atoms. The lowest BCUT2D eigenvalue weighted by Crippen LogP contribution is -2.28. The van der Waals surface area contributed by atoms with Crippen LogP contribution in [0.4, 0.5) is 0 Å². The van der Waals surface area contributed by atoms with Crippen molar-refractivity contribution < 1.29 is 23.8 Å². The molecule has 0 spiro atoms. The van der Waals surface area contributed by atoms with Crippen molar-refractivity contribution in [1.82, 2.24) is 4.98 Å². The van der Waals surface area contributed by atoms with Gasteiger partial charge in [0.2, 0.25) is 5.89 Å². The number of aromatic carboxylic acids is 1. The van der Waals surface area contributed by atoms with Crippen molar-refractivity contribution in [2.24, 2.45) is 0 Å². The van der Waals surface area contributed by atoms with Crippen molar-refractivity contribution in [2.45, 2.75) is 58.0 Å². The van der Waals surface area contributed by atoms with Gasteiger partial charge in [-0.25, -0.2) is 9.78 Å². The summed E-state index contributed by atoms with van der Waals surface area (Å²) in [7, 11) is 0. The number of hydrogen-bond donors (Lipinski definition) is 1. The molecule has 0 radical (unpaired) electrons. The standard InChI is InChI=1S/C25H27NO5/c1-17-7-5-10-19(23(17)25(27)28)14-29-21-11-6-12-22(13-21)30-15-20-16-31-24(26-20)18-8-3-2-4-9-18/h2-5,7-10,16,21-22H,6,11-15H2,1H3,(H,27,28)/t21-,22+/m0/s1. The van der Waals surface area contributed by atoms with Gasteiger partial charge in [-0.05, 0) is 55.9 Å². The molecule has 3 aromatic rings. The Kier molecular flexibility index (Phi) is 6.79. The van der Waals surface area contributed by atoms with Crippen molar-refractivity contribution in [3.05, 3.63) is 77.2 Å². The molecule has 6 nitrogen and oxygen atoms in total. The highest BCUT2D eigenvalue weighted by atomic mass is 16.5. The predicted molar refractivity (Wildman–Crippen MR) is 116 cm³/mol. The van der Waals surface area contributed by atoms with Crippen LogP contribution in [-0.4, -0.2) is 28.3 Å². The first-order valence-corrected chi connectivity index (χ1v) is 10.6. The average molecular weight is 421 g/mol. The fourth-order valence-electron chi connectivity index (χ4n) is 4.06. The topological polar surface area (TPSA) is 81.8 Å². The molecule has 31 heavy (non-hydrogen) atoms. The Morgan fingerprint density at radius 1 is 1.06 bits per heavy atom. The van der Waals surface area contributed by atoms with E-state index in [4.69, 9.17) is 13.9 Å². The van der Waals surface area contributed by atoms with Crippen molar-refractivity contribution in [3.63, 3.8) is 0 Å². The summed E-state index contributed by atoms with van der Waals surface area (Å²) in [6.45, 7) is 2.50. The van der Waals surface area contributed by atoms with Gasteiger partial charge >= 0.3 is 5.97 Å². The van der Waals surface area contributed by atoms with Crippen molar-refractivity contribution >= 4 is 5.97 Å². The van der Waals surface area contributed by atoms with E-state index in [0.29, 0.717) is 30.2 Å². The van der Waals surface area contributed by atoms with Gasteiger partial charge in [-0.15, -0.1) is 0 Å². The van der Waals surface area contributed by atoms with Gasteiger partial charge in [0.05, 0.1) is 31.0 Å². The molecule has 0 amide bonds. The maximum absolute atomic E-state index is 11.6. The molecule has 2 atom stereocenters. The number of benzene rings is 2. The normalized spacial score (nSPS) is 18.7. The molecule has 0 unspecified atom stereocenters. The maximum atomic E-state index is 11.6. The first-order valence-electron chi connectivity index (χ1n) is 10.6. The molecule has 0 saturated heterocycles. The maximum Gasteiger partial charge on any atom is 0.336 e. The second-order valence-corrected chi connectivity index (χ2v) is 7.96. The van der Waals surface area contributed by atoms with Crippen molar-refractivity contribution in [1.29, 1.82) is 0 Å². The molecule has 1 N–H and O–H groups in total. The fourth-order valence-corrected chi connectivity index (χ4v) is 4.06. The molecule has 6 heteroatoms. The molecule has 1 fully saturated rings. The third kappa shape index (κ3) is 5.40. The van der Waals surface area contributed by atoms with Crippen LogP contribution in [0.1, 0.15) is 52.9 Å². The van der Waals surface area contributed by atoms with Gasteiger partial charge in [0.1, 0.15) is 12.0 Å². The Morgan fingerprint density at radius 2 is 1.81 bits per heavy atom. The van der Waals surface area contributed by atoms with Gasteiger partial charge < -0.3 is 19.0 Å². The third-order valence-corrected chi connectivity index (χ3v) is 5.66. The molecule has 1 aliphatic rings. The summed E-state index contributed by atoms with van der Waals surface area (Å²) >= 11 is 0. The van der Waals surface area contributed by atoms with Gasteiger partial charge in [0.25, 0.3) is 0 Å². The van der Waals surface area contributed by atoms with E-state index in [1.54, 1.807) is 6.26 Å². The van der Waals surface area contributed by atoms with Crippen molar-refractivity contribution in [2.75, 3.05) is 0 Å². The summed E-state index contributed by atoms with van der Waals surface area (Å²) in [5.74, 6) is -0.319. The lowest BCUT2D eigenvalue weighted by Gasteiger charge is -2.29. The summed E-state index contributed by atoms with van der Waals surface area (Å²) < 4.78 is 17.7. The zero-order valence-electron chi connectivity index (χ0n) is 17.6. The first-order chi connectivity index (χ1) is 15.1. The molecule has 2 aromatic carbocycles. The minimum absolute atomic E-state index is 0.0538. The minimum Gasteiger partial charge on any atom is -0.478 e. The van der Waals surface area contributed by atoms with Crippen LogP contribution in [0, 0.1) is 6.92 Å². The molecule has 162 valence electrons. The molecule has 0 aliphatic heterocycles. The van der Waals surface area contributed by atoms with Gasteiger partial charge in [-0.3, -0.25) is 0 Å². The largest absolute Gasteiger partial charge is 0.478 e. The Hall–Kier alpha value is -2.96. The highest BCUT2D eigenvalue weighted by Crippen LogP contribution is 2.26. The Morgan fingerprint density at radius 3 is 2.55 bits per heavy atom. The number of aryl methyl sites for hydroxylation is 1. The quantitative estimate of drug-likeness (QED) is 0.525. The second kappa shape index (κ2) is 9.90. The van der Waals surface area contributed by atoms with Crippen LogP contribution in [0.25, 0.3) is 11.5 Å². The van der Waals surface area contributed by atoms with E-state index in [1.165, 1.54) is 0 Å². The summed E-state index contributed by atoms with van der Waals surface area (Å²) in [5, 5.41) is 9.49. The monoisotopic (exact) mass is 421 g/mol. The van der Waals surface area contributed by atoms with Gasteiger partial charge in [0.15, 0.2) is 0 Å². The third-order valence-electron chi connectivity index (χ3n) is 5.66. The number of oxazole rings is 1. The number of aromatic nitrogens is 1. The van der Waals surface area contributed by atoms with E-state index >= 15 is 0 Å². The van der Waals surface area contributed by atoms with E-state index in [1.807, 2.05) is 55.5 Å². The van der Waals surface area contributed by atoms with E-state index in [-0.39, 0.29) is 12.2 Å². The number of nitrogens with zero attached hydrogens (tertiary/aromatic N) is 1. The Labute approximate surface area is 181 Å². The summed E-state index contributed by atoms with van der Waals surface area (Å²) in [4.78, 5) is 16.1. The lowest BCUT2D eigenvalue weighted by molar-refractivity contribution is -0.0563. The fraction of sp³-hybridized carbons (Fsp3) is 0.360. The molecule has 1 saturated carbocycles. The van der Waals surface area contributed by atoms with Crippen LogP contribution >= 0.6 is 0 Å². The number of carbonyl (C=O) groups is 1. The number of hydrogen-bond acceptors (Lipinski definition) is 5. The van der Waals surface area contributed by atoms with Crippen LogP contribution in [-0.2, 0) is 22.7 Å². The molecule has 1 heterocycles. The SMILES string of the molecule is Cc1cccc(CO[C@H]2CCC[C@@H](OCc3coc(-c4ccccc4)n3)C2)c1C(=O)O. The second-order valence-electron chi connectivity index (χ2n) is 7.96. The first kappa shape index (κ1) is 21.3. The number of rotatable bonds is 8. The smallest absolute Gasteiger partial charge is 0.336 e. The summed E-state index contributed by atoms with van der Waals surface area (Å²) in [5.41, 5.74) is 3.52. The summed E-state index contributed by atoms with van der Waals surface area (Å²) in [6.07, 6.45) is 5.53. The molecular formula is C25H27NO5.